The lowest BCUT2D eigenvalue weighted by Crippen LogP contribution is -2.24. The molecule has 0 fully saturated rings. The number of aromatic nitrogens is 1. The topological polar surface area (TPSA) is 220 Å². The summed E-state index contributed by atoms with van der Waals surface area (Å²) in [7, 11) is 0. The molecule has 26 heavy (non-hydrogen) atoms. The average molecular weight is 364 g/mol. The molecule has 0 amide bonds. The highest BCUT2D eigenvalue weighted by molar-refractivity contribution is 6.09. The van der Waals surface area contributed by atoms with Gasteiger partial charge in [0.25, 0.3) is 16.9 Å². The second-order valence-corrected chi connectivity index (χ2v) is 4.79. The van der Waals surface area contributed by atoms with Gasteiger partial charge < -0.3 is 20.9 Å². The van der Waals surface area contributed by atoms with Crippen LogP contribution in [-0.4, -0.2) is 37.0 Å². The molecule has 0 aliphatic rings. The number of nitrogens with zero attached hydrogens (tertiary/aromatic N) is 2. The molecular weight excluding hydrogens is 356 g/mol. The number of nitrogen functional groups attached to an aromatic ring is 1. The molecule has 1 aromatic heterocycles. The van der Waals surface area contributed by atoms with Crippen molar-refractivity contribution in [2.75, 3.05) is 5.73 Å². The van der Waals surface area contributed by atoms with Gasteiger partial charge in [-0.2, -0.15) is 0 Å². The molecule has 0 saturated carbocycles. The van der Waals surface area contributed by atoms with E-state index in [-0.39, 0.29) is 0 Å². The first-order chi connectivity index (χ1) is 12.1. The maximum absolute atomic E-state index is 12.0. The van der Waals surface area contributed by atoms with Gasteiger partial charge in [-0.1, -0.05) is 0 Å². The third kappa shape index (κ3) is 2.79. The van der Waals surface area contributed by atoms with Crippen molar-refractivity contribution in [3.05, 3.63) is 59.9 Å². The standard InChI is InChI=1S/C13H8N4O9/c14-10-8(12(19)20)7(9(13(21)22)11(18)15-10)6-4(16(23)24)2-1-3-5(6)17(25)26/h1-3H,(H,19,20)(H,21,22)(H3,14,15,18). The Balaban J connectivity index is 3.23. The molecule has 0 aliphatic carbocycles. The lowest BCUT2D eigenvalue weighted by atomic mass is 9.93. The number of nitrogens with two attached hydrogens (primary N) is 1. The van der Waals surface area contributed by atoms with E-state index in [9.17, 15) is 44.8 Å². The van der Waals surface area contributed by atoms with E-state index >= 15 is 0 Å². The van der Waals surface area contributed by atoms with Crippen LogP contribution in [-0.2, 0) is 0 Å². The van der Waals surface area contributed by atoms with E-state index in [0.29, 0.717) is 0 Å². The van der Waals surface area contributed by atoms with Gasteiger partial charge in [0, 0.05) is 17.7 Å². The summed E-state index contributed by atoms with van der Waals surface area (Å²) in [4.78, 5) is 57.2. The van der Waals surface area contributed by atoms with Crippen molar-refractivity contribution in [1.29, 1.82) is 0 Å². The third-order valence-electron chi connectivity index (χ3n) is 3.34. The maximum Gasteiger partial charge on any atom is 0.342 e. The zero-order chi connectivity index (χ0) is 19.8. The quantitative estimate of drug-likeness (QED) is 0.432. The number of carboxylic acid groups (broad SMARTS) is 2. The Morgan fingerprint density at radius 3 is 1.81 bits per heavy atom. The first-order valence-electron chi connectivity index (χ1n) is 6.52. The third-order valence-corrected chi connectivity index (χ3v) is 3.34. The van der Waals surface area contributed by atoms with Crippen LogP contribution in [0.4, 0.5) is 17.2 Å². The molecule has 0 aliphatic heterocycles. The van der Waals surface area contributed by atoms with Crippen molar-refractivity contribution in [2.45, 2.75) is 0 Å². The summed E-state index contributed by atoms with van der Waals surface area (Å²) in [6.07, 6.45) is 0. The average Bonchev–Trinajstić information content (AvgIpc) is 2.52. The zero-order valence-electron chi connectivity index (χ0n) is 12.5. The fourth-order valence-corrected chi connectivity index (χ4v) is 2.39. The number of H-pyrrole nitrogens is 1. The zero-order valence-corrected chi connectivity index (χ0v) is 12.5. The Hall–Kier alpha value is -4.29. The van der Waals surface area contributed by atoms with Crippen LogP contribution < -0.4 is 11.3 Å². The number of rotatable bonds is 5. The molecule has 0 unspecified atom stereocenters. The minimum atomic E-state index is -1.95. The van der Waals surface area contributed by atoms with Crippen molar-refractivity contribution in [3.63, 3.8) is 0 Å². The Kier molecular flexibility index (Phi) is 4.38. The van der Waals surface area contributed by atoms with Gasteiger partial charge in [-0.3, -0.25) is 25.0 Å². The van der Waals surface area contributed by atoms with Gasteiger partial charge in [-0.15, -0.1) is 0 Å². The van der Waals surface area contributed by atoms with E-state index in [2.05, 4.69) is 0 Å². The van der Waals surface area contributed by atoms with E-state index in [4.69, 9.17) is 5.73 Å². The largest absolute Gasteiger partial charge is 0.478 e. The molecule has 0 atom stereocenters. The molecule has 0 saturated heterocycles. The van der Waals surface area contributed by atoms with Crippen LogP contribution >= 0.6 is 0 Å². The Morgan fingerprint density at radius 2 is 1.42 bits per heavy atom. The van der Waals surface area contributed by atoms with Crippen LogP contribution in [0.3, 0.4) is 0 Å². The first-order valence-corrected chi connectivity index (χ1v) is 6.52. The van der Waals surface area contributed by atoms with Crippen LogP contribution in [0.5, 0.6) is 0 Å². The number of nitro benzene ring substituents is 2. The van der Waals surface area contributed by atoms with Gasteiger partial charge in [0.1, 0.15) is 22.5 Å². The second kappa shape index (κ2) is 6.31. The number of carbonyl (C=O) groups is 2. The molecule has 0 bridgehead atoms. The summed E-state index contributed by atoms with van der Waals surface area (Å²) in [5.41, 5.74) is -2.10. The van der Waals surface area contributed by atoms with E-state index in [1.54, 1.807) is 4.98 Å². The number of carboxylic acids is 2. The van der Waals surface area contributed by atoms with Crippen molar-refractivity contribution >= 4 is 29.1 Å². The summed E-state index contributed by atoms with van der Waals surface area (Å²) < 4.78 is 0. The van der Waals surface area contributed by atoms with Gasteiger partial charge in [-0.25, -0.2) is 9.59 Å². The predicted octanol–water partition coefficient (Wildman–Crippen LogP) is 0.837. The van der Waals surface area contributed by atoms with E-state index < -0.39 is 66.8 Å². The molecule has 134 valence electrons. The highest BCUT2D eigenvalue weighted by Crippen LogP contribution is 2.41. The van der Waals surface area contributed by atoms with Crippen LogP contribution in [0.15, 0.2) is 23.0 Å². The molecule has 13 heteroatoms. The lowest BCUT2D eigenvalue weighted by molar-refractivity contribution is -0.392. The highest BCUT2D eigenvalue weighted by atomic mass is 16.6. The summed E-state index contributed by atoms with van der Waals surface area (Å²) in [6, 6.07) is 2.56. The number of benzene rings is 1. The molecule has 5 N–H and O–H groups in total. The summed E-state index contributed by atoms with van der Waals surface area (Å²) >= 11 is 0. The Labute approximate surface area is 141 Å². The molecular formula is C13H8N4O9. The maximum atomic E-state index is 12.0. The fraction of sp³-hybridized carbons (Fsp3) is 0. The van der Waals surface area contributed by atoms with Gasteiger partial charge in [0.15, 0.2) is 0 Å². The molecule has 2 aromatic rings. The molecule has 1 aromatic carbocycles. The Morgan fingerprint density at radius 1 is 0.962 bits per heavy atom. The number of nitro groups is 2. The van der Waals surface area contributed by atoms with Gasteiger partial charge in [0.05, 0.1) is 9.85 Å². The van der Waals surface area contributed by atoms with Crippen LogP contribution in [0, 0.1) is 20.2 Å². The second-order valence-electron chi connectivity index (χ2n) is 4.79. The number of anilines is 1. The predicted molar refractivity (Wildman–Crippen MR) is 84.1 cm³/mol. The van der Waals surface area contributed by atoms with Gasteiger partial charge in [0.2, 0.25) is 0 Å². The lowest BCUT2D eigenvalue weighted by Gasteiger charge is -2.12. The normalized spacial score (nSPS) is 10.3. The monoisotopic (exact) mass is 364 g/mol. The van der Waals surface area contributed by atoms with Gasteiger partial charge >= 0.3 is 11.9 Å². The minimum Gasteiger partial charge on any atom is -0.478 e. The van der Waals surface area contributed by atoms with E-state index in [1.807, 2.05) is 0 Å². The van der Waals surface area contributed by atoms with Crippen molar-refractivity contribution in [1.82, 2.24) is 4.98 Å². The van der Waals surface area contributed by atoms with Crippen molar-refractivity contribution < 1.29 is 29.6 Å². The number of aromatic amines is 1. The van der Waals surface area contributed by atoms with E-state index in [0.717, 1.165) is 18.2 Å². The summed E-state index contributed by atoms with van der Waals surface area (Å²) in [5.74, 6) is -4.60. The van der Waals surface area contributed by atoms with Crippen LogP contribution in [0.1, 0.15) is 20.7 Å². The van der Waals surface area contributed by atoms with Crippen LogP contribution in [0.25, 0.3) is 11.1 Å². The van der Waals surface area contributed by atoms with Crippen LogP contribution in [0.2, 0.25) is 0 Å². The summed E-state index contributed by atoms with van der Waals surface area (Å²) in [6.45, 7) is 0. The molecule has 0 radical (unpaired) electrons. The molecule has 13 nitrogen and oxygen atoms in total. The first kappa shape index (κ1) is 18.1. The highest BCUT2D eigenvalue weighted by Gasteiger charge is 2.35. The summed E-state index contributed by atoms with van der Waals surface area (Å²) in [5, 5.41) is 41.1. The SMILES string of the molecule is Nc1[nH]c(=O)c(C(=O)O)c(-c2c([N+](=O)[O-])cccc2[N+](=O)[O-])c1C(=O)O. The number of nitrogens with one attached hydrogen (secondary N) is 1. The number of hydrogen-bond acceptors (Lipinski definition) is 8. The minimum absolute atomic E-state index is 0.803. The van der Waals surface area contributed by atoms with Crippen molar-refractivity contribution in [2.24, 2.45) is 0 Å². The molecule has 2 rings (SSSR count). The number of aromatic carboxylic acids is 2. The molecule has 0 spiro atoms. The smallest absolute Gasteiger partial charge is 0.342 e. The number of hydrogen-bond donors (Lipinski definition) is 4. The van der Waals surface area contributed by atoms with E-state index in [1.165, 1.54) is 0 Å². The Bertz CT molecular complexity index is 1010. The van der Waals surface area contributed by atoms with Crippen molar-refractivity contribution in [3.8, 4) is 11.1 Å². The molecule has 1 heterocycles. The number of pyridine rings is 1. The fourth-order valence-electron chi connectivity index (χ4n) is 2.39. The van der Waals surface area contributed by atoms with Gasteiger partial charge in [-0.05, 0) is 6.07 Å².